The minimum Gasteiger partial charge on any atom is -0.365 e. The number of morpholine rings is 1. The molecule has 1 aliphatic heterocycles. The lowest BCUT2D eigenvalue weighted by Gasteiger charge is -2.33. The normalized spacial score (nSPS) is 18.2. The summed E-state index contributed by atoms with van der Waals surface area (Å²) in [5.41, 5.74) is 1.33. The van der Waals surface area contributed by atoms with E-state index in [0.717, 1.165) is 0 Å². The lowest BCUT2D eigenvalue weighted by molar-refractivity contribution is -0.129. The molecule has 8 heteroatoms. The molecular weight excluding hydrogens is 376 g/mol. The number of halogens is 1. The fourth-order valence-corrected chi connectivity index (χ4v) is 4.28. The smallest absolute Gasteiger partial charge is 0.253 e. The van der Waals surface area contributed by atoms with E-state index in [-0.39, 0.29) is 30.5 Å². The Morgan fingerprint density at radius 3 is 2.73 bits per heavy atom. The molecule has 6 nitrogen and oxygen atoms in total. The maximum absolute atomic E-state index is 12.5. The number of benzene rings is 2. The number of carbonyl (C=O) groups excluding carboxylic acids is 1. The van der Waals surface area contributed by atoms with Gasteiger partial charge >= 0.3 is 0 Å². The second kappa shape index (κ2) is 7.75. The molecule has 26 heavy (non-hydrogen) atoms. The fourth-order valence-electron chi connectivity index (χ4n) is 2.78. The Balaban J connectivity index is 1.69. The molecule has 138 valence electrons. The molecule has 3 rings (SSSR count). The van der Waals surface area contributed by atoms with Crippen molar-refractivity contribution in [3.05, 3.63) is 59.1 Å². The molecule has 0 spiro atoms. The van der Waals surface area contributed by atoms with Crippen molar-refractivity contribution in [1.82, 2.24) is 4.72 Å². The van der Waals surface area contributed by atoms with Crippen LogP contribution in [-0.4, -0.2) is 40.1 Å². The van der Waals surface area contributed by atoms with Gasteiger partial charge in [0.05, 0.1) is 17.5 Å². The fraction of sp³-hybridized carbons (Fsp3) is 0.278. The quantitative estimate of drug-likeness (QED) is 0.844. The number of hydrogen-bond donors (Lipinski definition) is 1. The largest absolute Gasteiger partial charge is 0.365 e. The molecule has 0 aliphatic carbocycles. The summed E-state index contributed by atoms with van der Waals surface area (Å²) in [6.07, 6.45) is -0.453. The Hall–Kier alpha value is -1.93. The van der Waals surface area contributed by atoms with Crippen LogP contribution in [0.4, 0.5) is 5.69 Å². The van der Waals surface area contributed by atoms with Gasteiger partial charge in [0, 0.05) is 17.3 Å². The van der Waals surface area contributed by atoms with E-state index >= 15 is 0 Å². The van der Waals surface area contributed by atoms with E-state index in [2.05, 4.69) is 4.72 Å². The monoisotopic (exact) mass is 394 g/mol. The van der Waals surface area contributed by atoms with Crippen molar-refractivity contribution < 1.29 is 17.9 Å². The van der Waals surface area contributed by atoms with Gasteiger partial charge in [0.25, 0.3) is 5.91 Å². The minimum absolute atomic E-state index is 0.0704. The van der Waals surface area contributed by atoms with Crippen LogP contribution in [0.3, 0.4) is 0 Å². The van der Waals surface area contributed by atoms with Crippen molar-refractivity contribution in [2.75, 3.05) is 24.6 Å². The first-order chi connectivity index (χ1) is 12.4. The highest BCUT2D eigenvalue weighted by Gasteiger charge is 2.29. The van der Waals surface area contributed by atoms with Gasteiger partial charge in [-0.15, -0.1) is 0 Å². The molecule has 1 atom stereocenters. The summed E-state index contributed by atoms with van der Waals surface area (Å²) in [6.45, 7) is 1.95. The standard InChI is InChI=1S/C18H19ClN2O4S/c1-13-5-2-3-8-17(13)26(23,24)20-10-16-11-21(18(22)12-25-16)15-7-4-6-14(19)9-15/h2-9,16,20H,10-12H2,1H3. The molecule has 2 aromatic rings. The molecule has 0 saturated carbocycles. The van der Waals surface area contributed by atoms with Crippen molar-refractivity contribution in [2.24, 2.45) is 0 Å². The number of anilines is 1. The first-order valence-corrected chi connectivity index (χ1v) is 9.96. The minimum atomic E-state index is -3.65. The highest BCUT2D eigenvalue weighted by atomic mass is 35.5. The lowest BCUT2D eigenvalue weighted by atomic mass is 10.2. The third-order valence-corrected chi connectivity index (χ3v) is 5.95. The molecule has 1 saturated heterocycles. The Morgan fingerprint density at radius 1 is 1.23 bits per heavy atom. The van der Waals surface area contributed by atoms with Gasteiger partial charge in [0.15, 0.2) is 0 Å². The van der Waals surface area contributed by atoms with Gasteiger partial charge in [0.2, 0.25) is 10.0 Å². The number of nitrogens with zero attached hydrogens (tertiary/aromatic N) is 1. The predicted molar refractivity (Wildman–Crippen MR) is 99.9 cm³/mol. The van der Waals surface area contributed by atoms with Crippen LogP contribution in [-0.2, 0) is 19.6 Å². The highest BCUT2D eigenvalue weighted by molar-refractivity contribution is 7.89. The maximum Gasteiger partial charge on any atom is 0.253 e. The summed E-state index contributed by atoms with van der Waals surface area (Å²) in [4.78, 5) is 13.9. The number of carbonyl (C=O) groups is 1. The topological polar surface area (TPSA) is 75.7 Å². The molecule has 1 amide bonds. The van der Waals surface area contributed by atoms with Crippen molar-refractivity contribution in [3.63, 3.8) is 0 Å². The van der Waals surface area contributed by atoms with Crippen molar-refractivity contribution in [2.45, 2.75) is 17.9 Å². The Kier molecular flexibility index (Phi) is 5.62. The number of hydrogen-bond acceptors (Lipinski definition) is 4. The molecule has 0 radical (unpaired) electrons. The molecule has 1 N–H and O–H groups in total. The van der Waals surface area contributed by atoms with Crippen LogP contribution in [0.15, 0.2) is 53.4 Å². The van der Waals surface area contributed by atoms with Crippen LogP contribution in [0.5, 0.6) is 0 Å². The molecule has 2 aromatic carbocycles. The number of aryl methyl sites for hydroxylation is 1. The molecule has 0 bridgehead atoms. The van der Waals surface area contributed by atoms with E-state index in [1.165, 1.54) is 0 Å². The van der Waals surface area contributed by atoms with E-state index in [4.69, 9.17) is 16.3 Å². The number of sulfonamides is 1. The molecule has 1 aliphatic rings. The highest BCUT2D eigenvalue weighted by Crippen LogP contribution is 2.22. The van der Waals surface area contributed by atoms with Crippen molar-refractivity contribution in [3.8, 4) is 0 Å². The van der Waals surface area contributed by atoms with Crippen LogP contribution in [0, 0.1) is 6.92 Å². The number of amides is 1. The lowest BCUT2D eigenvalue weighted by Crippen LogP contribution is -2.50. The summed E-state index contributed by atoms with van der Waals surface area (Å²) < 4.78 is 33.0. The maximum atomic E-state index is 12.5. The summed E-state index contributed by atoms with van der Waals surface area (Å²) in [5, 5.41) is 0.526. The van der Waals surface area contributed by atoms with Crippen molar-refractivity contribution in [1.29, 1.82) is 0 Å². The van der Waals surface area contributed by atoms with E-state index < -0.39 is 16.1 Å². The third kappa shape index (κ3) is 4.24. The van der Waals surface area contributed by atoms with Crippen LogP contribution in [0.25, 0.3) is 0 Å². The van der Waals surface area contributed by atoms with E-state index in [0.29, 0.717) is 16.3 Å². The Bertz CT molecular complexity index is 917. The number of ether oxygens (including phenoxy) is 1. The Morgan fingerprint density at radius 2 is 2.00 bits per heavy atom. The van der Waals surface area contributed by atoms with Gasteiger partial charge in [-0.2, -0.15) is 0 Å². The van der Waals surface area contributed by atoms with Gasteiger partial charge in [0.1, 0.15) is 6.61 Å². The Labute approximate surface area is 157 Å². The van der Waals surface area contributed by atoms with Gasteiger partial charge in [-0.25, -0.2) is 13.1 Å². The molecule has 1 heterocycles. The van der Waals surface area contributed by atoms with E-state index in [1.807, 2.05) is 0 Å². The first-order valence-electron chi connectivity index (χ1n) is 8.09. The first kappa shape index (κ1) is 18.8. The zero-order valence-corrected chi connectivity index (χ0v) is 15.8. The van der Waals surface area contributed by atoms with E-state index in [1.54, 1.807) is 60.4 Å². The zero-order chi connectivity index (χ0) is 18.7. The number of nitrogens with one attached hydrogen (secondary N) is 1. The van der Waals surface area contributed by atoms with Crippen LogP contribution in [0.2, 0.25) is 5.02 Å². The van der Waals surface area contributed by atoms with Gasteiger partial charge in [-0.1, -0.05) is 35.9 Å². The summed E-state index contributed by atoms with van der Waals surface area (Å²) in [7, 11) is -3.65. The average Bonchev–Trinajstić information content (AvgIpc) is 2.61. The van der Waals surface area contributed by atoms with Crippen LogP contribution in [0.1, 0.15) is 5.56 Å². The van der Waals surface area contributed by atoms with Gasteiger partial charge in [-0.3, -0.25) is 4.79 Å². The number of rotatable bonds is 5. The van der Waals surface area contributed by atoms with Crippen LogP contribution >= 0.6 is 11.6 Å². The molecular formula is C18H19ClN2O4S. The summed E-state index contributed by atoms with van der Waals surface area (Å²) in [6, 6.07) is 13.7. The molecule has 1 unspecified atom stereocenters. The van der Waals surface area contributed by atoms with Crippen LogP contribution < -0.4 is 9.62 Å². The average molecular weight is 395 g/mol. The molecule has 1 fully saturated rings. The van der Waals surface area contributed by atoms with Gasteiger partial charge < -0.3 is 9.64 Å². The SMILES string of the molecule is Cc1ccccc1S(=O)(=O)NCC1CN(c2cccc(Cl)c2)C(=O)CO1. The summed E-state index contributed by atoms with van der Waals surface area (Å²) >= 11 is 5.99. The molecule has 0 aromatic heterocycles. The predicted octanol–water partition coefficient (Wildman–Crippen LogP) is 2.36. The van der Waals surface area contributed by atoms with Crippen molar-refractivity contribution >= 4 is 33.2 Å². The zero-order valence-electron chi connectivity index (χ0n) is 14.2. The second-order valence-corrected chi connectivity index (χ2v) is 8.21. The second-order valence-electron chi connectivity index (χ2n) is 6.03. The van der Waals surface area contributed by atoms with E-state index in [9.17, 15) is 13.2 Å². The van der Waals surface area contributed by atoms with Gasteiger partial charge in [-0.05, 0) is 36.8 Å². The summed E-state index contributed by atoms with van der Waals surface area (Å²) in [5.74, 6) is -0.190. The third-order valence-electron chi connectivity index (χ3n) is 4.13.